The average Bonchev–Trinajstić information content (AvgIpc) is 3.75. The van der Waals surface area contributed by atoms with E-state index in [0.29, 0.717) is 50.5 Å². The fourth-order valence-electron chi connectivity index (χ4n) is 8.53. The number of piperidine rings is 1. The van der Waals surface area contributed by atoms with Crippen molar-refractivity contribution in [3.8, 4) is 0 Å². The molecule has 3 N–H and O–H groups in total. The van der Waals surface area contributed by atoms with Gasteiger partial charge in [-0.3, -0.25) is 19.6 Å². The molecule has 3 aliphatic heterocycles. The number of nitrogens with one attached hydrogen (secondary N) is 2. The second-order valence-electron chi connectivity index (χ2n) is 14.2. The third-order valence-electron chi connectivity index (χ3n) is 11.3. The van der Waals surface area contributed by atoms with Crippen molar-refractivity contribution in [3.63, 3.8) is 0 Å². The molecule has 1 aromatic heterocycles. The maximum atomic E-state index is 14.1. The number of amides is 2. The third kappa shape index (κ3) is 6.80. The van der Waals surface area contributed by atoms with Crippen LogP contribution in [0.25, 0.3) is 0 Å². The number of carbonyl (C=O) groups excluding carboxylic acids is 2. The molecule has 2 aromatic rings. The molecule has 4 heterocycles. The van der Waals surface area contributed by atoms with Crippen LogP contribution < -0.4 is 5.32 Å². The molecule has 1 unspecified atom stereocenters. The van der Waals surface area contributed by atoms with Gasteiger partial charge in [-0.2, -0.15) is 9.40 Å². The minimum Gasteiger partial charge on any atom is -0.390 e. The quantitative estimate of drug-likeness (QED) is 0.337. The minimum atomic E-state index is -3.54. The summed E-state index contributed by atoms with van der Waals surface area (Å²) in [6, 6.07) is 6.14. The number of hydrogen-bond acceptors (Lipinski definition) is 7. The van der Waals surface area contributed by atoms with E-state index in [4.69, 9.17) is 0 Å². The lowest BCUT2D eigenvalue weighted by molar-refractivity contribution is -0.166. The zero-order valence-corrected chi connectivity index (χ0v) is 30.3. The molecule has 3 saturated heterocycles. The highest BCUT2D eigenvalue weighted by Gasteiger charge is 2.55. The predicted octanol–water partition coefficient (Wildman–Crippen LogP) is 4.23. The Bertz CT molecular complexity index is 1510. The molecular formula is C35H53ClN6O5S. The maximum absolute atomic E-state index is 14.1. The van der Waals surface area contributed by atoms with E-state index in [1.54, 1.807) is 16.4 Å². The van der Waals surface area contributed by atoms with Gasteiger partial charge in [-0.15, -0.1) is 12.4 Å². The van der Waals surface area contributed by atoms with Crippen LogP contribution in [0.1, 0.15) is 106 Å². The second kappa shape index (κ2) is 15.2. The summed E-state index contributed by atoms with van der Waals surface area (Å²) in [6.45, 7) is 8.78. The van der Waals surface area contributed by atoms with E-state index < -0.39 is 27.7 Å². The molecule has 13 heteroatoms. The average molecular weight is 705 g/mol. The van der Waals surface area contributed by atoms with Gasteiger partial charge in [-0.25, -0.2) is 8.42 Å². The number of likely N-dealkylation sites (tertiary alicyclic amines) is 1. The van der Waals surface area contributed by atoms with Gasteiger partial charge in [-0.1, -0.05) is 44.7 Å². The number of hydrogen-bond donors (Lipinski definition) is 3. The molecular weight excluding hydrogens is 652 g/mol. The van der Waals surface area contributed by atoms with Crippen molar-refractivity contribution in [2.45, 2.75) is 120 Å². The molecule has 266 valence electrons. The van der Waals surface area contributed by atoms with Crippen LogP contribution in [0.15, 0.2) is 29.2 Å². The van der Waals surface area contributed by atoms with Crippen molar-refractivity contribution >= 4 is 34.2 Å². The monoisotopic (exact) mass is 704 g/mol. The van der Waals surface area contributed by atoms with Crippen LogP contribution in [0.4, 0.5) is 0 Å². The van der Waals surface area contributed by atoms with Gasteiger partial charge in [0.1, 0.15) is 11.6 Å². The normalized spacial score (nSPS) is 24.0. The van der Waals surface area contributed by atoms with E-state index in [1.165, 1.54) is 0 Å². The first-order valence-electron chi connectivity index (χ1n) is 17.7. The predicted molar refractivity (Wildman–Crippen MR) is 186 cm³/mol. The number of H-pyrrole nitrogens is 1. The first kappa shape index (κ1) is 36.8. The summed E-state index contributed by atoms with van der Waals surface area (Å²) in [7, 11) is -3.54. The Morgan fingerprint density at radius 3 is 2.21 bits per heavy atom. The van der Waals surface area contributed by atoms with Crippen molar-refractivity contribution in [2.24, 2.45) is 5.92 Å². The van der Waals surface area contributed by atoms with Crippen LogP contribution in [0, 0.1) is 19.8 Å². The SMILES string of the molecule is CCCCN1C(=O)[C@@H]([C@H](O)C2CCCCC2)NC(=O)C12CCN(C(c1ccc(S(=O)(=O)N3CCCC3)cc1)c1c(C)n[nH]c1C)CC2.Cl. The standard InChI is InChI=1S/C35H52N6O5S.ClH/c1-4-5-21-41-33(43)30(32(42)27-11-7-6-8-12-27)36-34(44)35(41)17-22-39(23-18-35)31(29-24(2)37-38-25(29)3)26-13-15-28(16-14-26)47(45,46)40-19-9-10-20-40;/h13-16,27,30-32,42H,4-12,17-23H2,1-3H3,(H,36,44)(H,37,38);1H/t30-,31?,32-;/m1./s1. The number of nitrogens with zero attached hydrogens (tertiary/aromatic N) is 4. The van der Waals surface area contributed by atoms with Gasteiger partial charge in [-0.05, 0) is 82.4 Å². The van der Waals surface area contributed by atoms with E-state index in [2.05, 4.69) is 27.3 Å². The van der Waals surface area contributed by atoms with Crippen LogP contribution in [0.2, 0.25) is 0 Å². The lowest BCUT2D eigenvalue weighted by Crippen LogP contribution is -2.75. The van der Waals surface area contributed by atoms with Crippen LogP contribution in [-0.2, 0) is 19.6 Å². The lowest BCUT2D eigenvalue weighted by Gasteiger charge is -2.53. The van der Waals surface area contributed by atoms with E-state index in [-0.39, 0.29) is 36.2 Å². The summed E-state index contributed by atoms with van der Waals surface area (Å²) in [5, 5.41) is 22.0. The molecule has 3 atom stereocenters. The Kier molecular flexibility index (Phi) is 11.6. The molecule has 2 amide bonds. The third-order valence-corrected chi connectivity index (χ3v) is 13.2. The van der Waals surface area contributed by atoms with Crippen LogP contribution in [-0.4, -0.2) is 100 Å². The van der Waals surface area contributed by atoms with E-state index in [0.717, 1.165) is 80.3 Å². The highest BCUT2D eigenvalue weighted by molar-refractivity contribution is 7.89. The van der Waals surface area contributed by atoms with E-state index in [9.17, 15) is 23.1 Å². The molecule has 4 aliphatic rings. The van der Waals surface area contributed by atoms with Crippen LogP contribution >= 0.6 is 12.4 Å². The number of halogens is 1. The fraction of sp³-hybridized carbons (Fsp3) is 0.686. The highest BCUT2D eigenvalue weighted by atomic mass is 35.5. The largest absolute Gasteiger partial charge is 0.390 e. The molecule has 0 radical (unpaired) electrons. The van der Waals surface area contributed by atoms with Crippen molar-refractivity contribution in [1.29, 1.82) is 0 Å². The van der Waals surface area contributed by atoms with Crippen molar-refractivity contribution < 1.29 is 23.1 Å². The minimum absolute atomic E-state index is 0. The maximum Gasteiger partial charge on any atom is 0.248 e. The Morgan fingerprint density at radius 2 is 1.62 bits per heavy atom. The molecule has 48 heavy (non-hydrogen) atoms. The molecule has 4 fully saturated rings. The van der Waals surface area contributed by atoms with Gasteiger partial charge < -0.3 is 15.3 Å². The summed E-state index contributed by atoms with van der Waals surface area (Å²) < 4.78 is 28.1. The van der Waals surface area contributed by atoms with Gasteiger partial charge in [0.15, 0.2) is 0 Å². The summed E-state index contributed by atoms with van der Waals surface area (Å²) >= 11 is 0. The molecule has 11 nitrogen and oxygen atoms in total. The Labute approximate surface area is 291 Å². The molecule has 0 bridgehead atoms. The Balaban J connectivity index is 0.00000451. The number of aromatic amines is 1. The summed E-state index contributed by atoms with van der Waals surface area (Å²) in [5.41, 5.74) is 2.84. The Morgan fingerprint density at radius 1 is 0.979 bits per heavy atom. The van der Waals surface area contributed by atoms with Crippen molar-refractivity contribution in [3.05, 3.63) is 46.8 Å². The Hall–Kier alpha value is -2.51. The van der Waals surface area contributed by atoms with Crippen molar-refractivity contribution in [1.82, 2.24) is 29.6 Å². The van der Waals surface area contributed by atoms with Gasteiger partial charge >= 0.3 is 0 Å². The zero-order valence-electron chi connectivity index (χ0n) is 28.6. The van der Waals surface area contributed by atoms with E-state index in [1.807, 2.05) is 30.9 Å². The summed E-state index contributed by atoms with van der Waals surface area (Å²) in [6.07, 6.45) is 8.53. The molecule has 1 saturated carbocycles. The molecule has 1 aliphatic carbocycles. The zero-order chi connectivity index (χ0) is 33.3. The van der Waals surface area contributed by atoms with Gasteiger partial charge in [0, 0.05) is 44.0 Å². The summed E-state index contributed by atoms with van der Waals surface area (Å²) in [4.78, 5) is 32.7. The van der Waals surface area contributed by atoms with Gasteiger partial charge in [0.2, 0.25) is 21.8 Å². The number of aliphatic hydroxyl groups is 1. The smallest absolute Gasteiger partial charge is 0.248 e. The lowest BCUT2D eigenvalue weighted by atomic mass is 9.77. The van der Waals surface area contributed by atoms with Gasteiger partial charge in [0.25, 0.3) is 0 Å². The first-order chi connectivity index (χ1) is 22.6. The number of carbonyl (C=O) groups is 2. The first-order valence-corrected chi connectivity index (χ1v) is 19.2. The fourth-order valence-corrected chi connectivity index (χ4v) is 10.0. The summed E-state index contributed by atoms with van der Waals surface area (Å²) in [5.74, 6) is -0.283. The number of sulfonamides is 1. The number of aliphatic hydroxyl groups excluding tert-OH is 1. The molecule has 6 rings (SSSR count). The number of benzene rings is 1. The molecule has 1 spiro atoms. The van der Waals surface area contributed by atoms with Crippen molar-refractivity contribution in [2.75, 3.05) is 32.7 Å². The van der Waals surface area contributed by atoms with Crippen LogP contribution in [0.3, 0.4) is 0 Å². The number of aryl methyl sites for hydroxylation is 2. The van der Waals surface area contributed by atoms with Gasteiger partial charge in [0.05, 0.1) is 22.7 Å². The van der Waals surface area contributed by atoms with E-state index >= 15 is 0 Å². The number of piperazine rings is 1. The molecule has 1 aromatic carbocycles. The number of aromatic nitrogens is 2. The number of unbranched alkanes of at least 4 members (excludes halogenated alkanes) is 1. The van der Waals surface area contributed by atoms with Crippen LogP contribution in [0.5, 0.6) is 0 Å². The number of rotatable bonds is 10. The highest BCUT2D eigenvalue weighted by Crippen LogP contribution is 2.41. The second-order valence-corrected chi connectivity index (χ2v) is 16.1. The topological polar surface area (TPSA) is 139 Å².